The molecule has 0 N–H and O–H groups in total. The summed E-state index contributed by atoms with van der Waals surface area (Å²) in [6.07, 6.45) is -0.199. The molecule has 0 bridgehead atoms. The number of halogens is 1. The van der Waals surface area contributed by atoms with Gasteiger partial charge in [-0.2, -0.15) is 0 Å². The average Bonchev–Trinajstić information content (AvgIpc) is 3.49. The molecule has 2 heterocycles. The zero-order valence-corrected chi connectivity index (χ0v) is 26.1. The number of ketones is 1. The summed E-state index contributed by atoms with van der Waals surface area (Å²) in [6.45, 7) is 0.457. The van der Waals surface area contributed by atoms with Crippen LogP contribution in [0.5, 0.6) is 0 Å². The third kappa shape index (κ3) is 5.62. The van der Waals surface area contributed by atoms with E-state index in [9.17, 15) is 4.79 Å². The topological polar surface area (TPSA) is 47.9 Å². The Kier molecular flexibility index (Phi) is 8.67. The van der Waals surface area contributed by atoms with Gasteiger partial charge in [-0.05, 0) is 22.8 Å². The number of fused-ring (bicyclic) bond motifs is 1. The lowest BCUT2D eigenvalue weighted by Gasteiger charge is -2.39. The van der Waals surface area contributed by atoms with Gasteiger partial charge in [0.15, 0.2) is 5.78 Å². The Labute approximate surface area is 273 Å². The van der Waals surface area contributed by atoms with E-state index in [1.807, 2.05) is 91.0 Å². The highest BCUT2D eigenvalue weighted by molar-refractivity contribution is 8.14. The first-order valence-corrected chi connectivity index (χ1v) is 16.6. The van der Waals surface area contributed by atoms with Gasteiger partial charge in [0.2, 0.25) is 0 Å². The summed E-state index contributed by atoms with van der Waals surface area (Å²) in [5.41, 5.74) is 2.27. The van der Waals surface area contributed by atoms with E-state index in [-0.39, 0.29) is 43.3 Å². The molecule has 0 saturated carbocycles. The van der Waals surface area contributed by atoms with Crippen LogP contribution in [-0.2, 0) is 20.6 Å². The van der Waals surface area contributed by atoms with Crippen molar-refractivity contribution in [1.82, 2.24) is 0 Å². The highest BCUT2D eigenvalue weighted by atomic mass is 32.2. The van der Waals surface area contributed by atoms with Gasteiger partial charge < -0.3 is 9.47 Å². The Morgan fingerprint density at radius 2 is 1.30 bits per heavy atom. The van der Waals surface area contributed by atoms with Gasteiger partial charge in [-0.15, -0.1) is 11.8 Å². The number of thioether (sulfide) groups is 1. The highest BCUT2D eigenvalue weighted by Gasteiger charge is 2.55. The summed E-state index contributed by atoms with van der Waals surface area (Å²) in [7, 11) is 0. The Hall–Kier alpha value is -4.36. The zero-order chi connectivity index (χ0) is 31.4. The molecule has 230 valence electrons. The lowest BCUT2D eigenvalue weighted by molar-refractivity contribution is -0.0536. The van der Waals surface area contributed by atoms with Crippen LogP contribution >= 0.6 is 11.8 Å². The molecule has 0 radical (unpaired) electrons. The van der Waals surface area contributed by atoms with Crippen molar-refractivity contribution in [3.8, 4) is 0 Å². The zero-order valence-electron chi connectivity index (χ0n) is 25.3. The largest absolute Gasteiger partial charge is 0.372 e. The second-order valence-electron chi connectivity index (χ2n) is 11.7. The van der Waals surface area contributed by atoms with Crippen LogP contribution in [-0.4, -0.2) is 35.9 Å². The van der Waals surface area contributed by atoms with Crippen molar-refractivity contribution >= 4 is 22.6 Å². The van der Waals surface area contributed by atoms with E-state index in [4.69, 9.17) is 14.5 Å². The summed E-state index contributed by atoms with van der Waals surface area (Å²) in [5.74, 6) is 0.114. The molecule has 6 heteroatoms. The van der Waals surface area contributed by atoms with Crippen molar-refractivity contribution in [3.05, 3.63) is 179 Å². The molecule has 2 aliphatic heterocycles. The summed E-state index contributed by atoms with van der Waals surface area (Å²) < 4.78 is 29.3. The minimum absolute atomic E-state index is 0.00820. The van der Waals surface area contributed by atoms with Crippen molar-refractivity contribution in [2.75, 3.05) is 19.0 Å². The molecule has 0 aliphatic carbocycles. The molecule has 3 atom stereocenters. The van der Waals surface area contributed by atoms with Crippen LogP contribution in [0.25, 0.3) is 0 Å². The van der Waals surface area contributed by atoms with E-state index < -0.39 is 11.1 Å². The van der Waals surface area contributed by atoms with Crippen LogP contribution in [0.3, 0.4) is 0 Å². The number of aliphatic imine (C=N–C) groups is 1. The molecule has 46 heavy (non-hydrogen) atoms. The summed E-state index contributed by atoms with van der Waals surface area (Å²) in [6, 6.07) is 46.8. The molecule has 4 nitrogen and oxygen atoms in total. The normalized spacial score (nSPS) is 20.9. The number of hydrogen-bond acceptors (Lipinski definition) is 5. The Morgan fingerprint density at radius 1 is 0.783 bits per heavy atom. The lowest BCUT2D eigenvalue weighted by atomic mass is 9.78. The minimum Gasteiger partial charge on any atom is -0.372 e. The van der Waals surface area contributed by atoms with Gasteiger partial charge >= 0.3 is 0 Å². The van der Waals surface area contributed by atoms with Crippen LogP contribution in [0.2, 0.25) is 0 Å². The maximum absolute atomic E-state index is 15.6. The Balaban J connectivity index is 1.25. The first kappa shape index (κ1) is 30.3. The number of hydrogen-bond donors (Lipinski definition) is 0. The third-order valence-corrected chi connectivity index (χ3v) is 10.2. The molecule has 2 aliphatic rings. The number of benzene rings is 5. The highest BCUT2D eigenvalue weighted by Crippen LogP contribution is 2.50. The predicted molar refractivity (Wildman–Crippen MR) is 182 cm³/mol. The lowest BCUT2D eigenvalue weighted by Crippen LogP contribution is -2.43. The monoisotopic (exact) mass is 627 g/mol. The number of Topliss-reactive ketones (excluding diaryl/α,β-unsaturated/α-hetero) is 1. The van der Waals surface area contributed by atoms with Gasteiger partial charge in [0, 0.05) is 22.8 Å². The molecule has 1 unspecified atom stereocenters. The van der Waals surface area contributed by atoms with Gasteiger partial charge in [0.05, 0.1) is 30.8 Å². The van der Waals surface area contributed by atoms with Crippen LogP contribution in [0, 0.1) is 11.7 Å². The van der Waals surface area contributed by atoms with E-state index in [1.165, 1.54) is 6.07 Å². The van der Waals surface area contributed by atoms with Crippen LogP contribution in [0.15, 0.2) is 151 Å². The number of ether oxygens (including phenoxy) is 2. The molecule has 0 spiro atoms. The molecular weight excluding hydrogens is 594 g/mol. The van der Waals surface area contributed by atoms with Crippen LogP contribution in [0.1, 0.15) is 39.0 Å². The van der Waals surface area contributed by atoms with E-state index in [2.05, 4.69) is 36.4 Å². The van der Waals surface area contributed by atoms with Crippen molar-refractivity contribution in [2.24, 2.45) is 10.9 Å². The third-order valence-electron chi connectivity index (χ3n) is 9.09. The van der Waals surface area contributed by atoms with E-state index in [0.29, 0.717) is 21.9 Å². The van der Waals surface area contributed by atoms with E-state index in [0.717, 1.165) is 16.7 Å². The number of rotatable bonds is 10. The van der Waals surface area contributed by atoms with Gasteiger partial charge in [-0.1, -0.05) is 140 Å². The Bertz CT molecular complexity index is 1720. The molecule has 7 rings (SSSR count). The molecule has 1 saturated heterocycles. The quantitative estimate of drug-likeness (QED) is 0.115. The second-order valence-corrected chi connectivity index (χ2v) is 12.8. The standard InChI is InChI=1S/C40H34FNO3S/c41-35-24-14-13-23-33(35)39-28-44-37(34(39)27-46-38(42-39)25-36(43)29-15-5-1-6-16-29)26-45-40(30-17-7-2-8-18-30,31-19-9-3-10-20-31)32-21-11-4-12-22-32/h1-24,34,37H,25-28H2/t34-,37?,39-/m1/s1. The number of nitrogens with zero attached hydrogens (tertiary/aromatic N) is 1. The summed E-state index contributed by atoms with van der Waals surface area (Å²) in [4.78, 5) is 18.4. The van der Waals surface area contributed by atoms with Gasteiger partial charge in [-0.25, -0.2) is 4.39 Å². The summed E-state index contributed by atoms with van der Waals surface area (Å²) >= 11 is 1.56. The molecule has 5 aromatic rings. The first-order chi connectivity index (χ1) is 22.6. The van der Waals surface area contributed by atoms with E-state index in [1.54, 1.807) is 23.9 Å². The fraction of sp³-hybridized carbons (Fsp3) is 0.200. The predicted octanol–water partition coefficient (Wildman–Crippen LogP) is 8.46. The average molecular weight is 628 g/mol. The second kappa shape index (κ2) is 13.2. The van der Waals surface area contributed by atoms with Crippen molar-refractivity contribution < 1.29 is 18.7 Å². The maximum atomic E-state index is 15.6. The summed E-state index contributed by atoms with van der Waals surface area (Å²) in [5, 5.41) is 0.700. The van der Waals surface area contributed by atoms with Crippen molar-refractivity contribution in [1.29, 1.82) is 0 Å². The van der Waals surface area contributed by atoms with Crippen molar-refractivity contribution in [3.63, 3.8) is 0 Å². The minimum atomic E-state index is -0.966. The smallest absolute Gasteiger partial charge is 0.169 e. The molecule has 1 fully saturated rings. The molecule has 0 amide bonds. The fourth-order valence-corrected chi connectivity index (χ4v) is 8.13. The number of carbonyl (C=O) groups is 1. The van der Waals surface area contributed by atoms with Gasteiger partial charge in [0.25, 0.3) is 0 Å². The number of carbonyl (C=O) groups excluding carboxylic acids is 1. The SMILES string of the molecule is O=C(CC1=N[C@@]2(c3ccccc3F)COC(COC(c3ccccc3)(c3ccccc3)c3ccccc3)[C@H]2CS1)c1ccccc1. The van der Waals surface area contributed by atoms with Crippen LogP contribution < -0.4 is 0 Å². The maximum Gasteiger partial charge on any atom is 0.169 e. The Morgan fingerprint density at radius 3 is 1.87 bits per heavy atom. The first-order valence-electron chi connectivity index (χ1n) is 15.6. The van der Waals surface area contributed by atoms with E-state index >= 15 is 4.39 Å². The van der Waals surface area contributed by atoms with Crippen LogP contribution in [0.4, 0.5) is 4.39 Å². The van der Waals surface area contributed by atoms with Gasteiger partial charge in [-0.3, -0.25) is 9.79 Å². The molecular formula is C40H34FNO3S. The van der Waals surface area contributed by atoms with Crippen molar-refractivity contribution in [2.45, 2.75) is 23.7 Å². The molecule has 5 aromatic carbocycles. The molecule has 0 aromatic heterocycles. The fourth-order valence-electron chi connectivity index (χ4n) is 6.81. The van der Waals surface area contributed by atoms with Gasteiger partial charge in [0.1, 0.15) is 17.0 Å².